The van der Waals surface area contributed by atoms with Gasteiger partial charge in [-0.1, -0.05) is 23.8 Å². The lowest BCUT2D eigenvalue weighted by Crippen LogP contribution is -2.36. The molecule has 1 N–H and O–H groups in total. The molecular weight excluding hydrogens is 358 g/mol. The highest BCUT2D eigenvalue weighted by Gasteiger charge is 2.16. The van der Waals surface area contributed by atoms with Crippen LogP contribution in [0.15, 0.2) is 42.0 Å². The van der Waals surface area contributed by atoms with Gasteiger partial charge in [-0.05, 0) is 62.8 Å². The Hall–Kier alpha value is -2.89. The van der Waals surface area contributed by atoms with Crippen LogP contribution in [-0.4, -0.2) is 37.6 Å². The number of esters is 2. The third kappa shape index (κ3) is 7.02. The number of allylic oxidation sites excluding steroid dienone is 1. The molecule has 0 aromatic heterocycles. The molecule has 0 fully saturated rings. The van der Waals surface area contributed by atoms with Crippen molar-refractivity contribution in [3.8, 4) is 0 Å². The van der Waals surface area contributed by atoms with Crippen molar-refractivity contribution in [1.29, 1.82) is 0 Å². The summed E-state index contributed by atoms with van der Waals surface area (Å²) in [6.45, 7) is 2.10. The third-order valence-corrected chi connectivity index (χ3v) is 4.54. The van der Waals surface area contributed by atoms with E-state index in [-0.39, 0.29) is 5.91 Å². The van der Waals surface area contributed by atoms with Crippen molar-refractivity contribution in [3.05, 3.63) is 53.1 Å². The second-order valence-electron chi connectivity index (χ2n) is 6.68. The Bertz CT molecular complexity index is 749. The number of hydrogen-bond acceptors (Lipinski definition) is 5. The number of nitrogens with one attached hydrogen (secondary N) is 1. The van der Waals surface area contributed by atoms with E-state index < -0.39 is 18.0 Å². The summed E-state index contributed by atoms with van der Waals surface area (Å²) in [5.74, 6) is -1.33. The number of amides is 1. The van der Waals surface area contributed by atoms with Gasteiger partial charge in [-0.15, -0.1) is 0 Å². The third-order valence-electron chi connectivity index (χ3n) is 4.54. The van der Waals surface area contributed by atoms with Crippen LogP contribution in [-0.2, 0) is 19.1 Å². The van der Waals surface area contributed by atoms with Gasteiger partial charge < -0.3 is 14.8 Å². The smallest absolute Gasteiger partial charge is 0.337 e. The highest BCUT2D eigenvalue weighted by atomic mass is 16.5. The predicted molar refractivity (Wildman–Crippen MR) is 107 cm³/mol. The fourth-order valence-corrected chi connectivity index (χ4v) is 2.90. The molecule has 28 heavy (non-hydrogen) atoms. The summed E-state index contributed by atoms with van der Waals surface area (Å²) in [6.07, 6.45) is 9.72. The summed E-state index contributed by atoms with van der Waals surface area (Å²) in [5, 5.41) is 2.81. The molecule has 2 rings (SSSR count). The Morgan fingerprint density at radius 3 is 2.57 bits per heavy atom. The van der Waals surface area contributed by atoms with Crippen LogP contribution in [0.2, 0.25) is 0 Å². The van der Waals surface area contributed by atoms with Gasteiger partial charge in [0.2, 0.25) is 0 Å². The van der Waals surface area contributed by atoms with Gasteiger partial charge in [0.15, 0.2) is 6.10 Å². The molecule has 1 aliphatic carbocycles. The highest BCUT2D eigenvalue weighted by Crippen LogP contribution is 2.19. The fraction of sp³-hybridized carbons (Fsp3) is 0.409. The average Bonchev–Trinajstić information content (AvgIpc) is 2.72. The first-order valence-corrected chi connectivity index (χ1v) is 9.52. The van der Waals surface area contributed by atoms with Crippen LogP contribution in [0.25, 0.3) is 6.08 Å². The molecule has 0 spiro atoms. The summed E-state index contributed by atoms with van der Waals surface area (Å²) < 4.78 is 9.76. The van der Waals surface area contributed by atoms with Crippen molar-refractivity contribution in [1.82, 2.24) is 5.32 Å². The summed E-state index contributed by atoms with van der Waals surface area (Å²) >= 11 is 0. The van der Waals surface area contributed by atoms with Crippen molar-refractivity contribution in [2.45, 2.75) is 45.1 Å². The first-order chi connectivity index (χ1) is 13.5. The zero-order valence-corrected chi connectivity index (χ0v) is 16.4. The van der Waals surface area contributed by atoms with Crippen molar-refractivity contribution in [2.75, 3.05) is 13.7 Å². The lowest BCUT2D eigenvalue weighted by atomic mass is 9.97. The van der Waals surface area contributed by atoms with Gasteiger partial charge >= 0.3 is 11.9 Å². The van der Waals surface area contributed by atoms with Gasteiger partial charge in [-0.3, -0.25) is 4.79 Å². The van der Waals surface area contributed by atoms with Crippen LogP contribution in [0.1, 0.15) is 54.9 Å². The Kier molecular flexibility index (Phi) is 8.46. The molecule has 6 nitrogen and oxygen atoms in total. The number of ether oxygens (including phenoxy) is 2. The Balaban J connectivity index is 1.74. The number of carbonyl (C=O) groups is 3. The molecule has 1 atom stereocenters. The molecule has 0 saturated heterocycles. The van der Waals surface area contributed by atoms with Gasteiger partial charge in [-0.2, -0.15) is 0 Å². The maximum Gasteiger partial charge on any atom is 0.337 e. The quantitative estimate of drug-likeness (QED) is 0.421. The van der Waals surface area contributed by atoms with Gasteiger partial charge in [0, 0.05) is 12.6 Å². The minimum Gasteiger partial charge on any atom is -0.465 e. The number of rotatable bonds is 8. The van der Waals surface area contributed by atoms with E-state index in [1.165, 1.54) is 31.6 Å². The molecular formula is C22H27NO5. The number of hydrogen-bond donors (Lipinski definition) is 1. The van der Waals surface area contributed by atoms with E-state index >= 15 is 0 Å². The maximum absolute atomic E-state index is 12.0. The zero-order chi connectivity index (χ0) is 20.4. The lowest BCUT2D eigenvalue weighted by Gasteiger charge is -2.15. The minimum atomic E-state index is -0.862. The van der Waals surface area contributed by atoms with Crippen LogP contribution in [0, 0.1) is 0 Å². The second-order valence-corrected chi connectivity index (χ2v) is 6.68. The van der Waals surface area contributed by atoms with E-state index in [0.717, 1.165) is 24.8 Å². The normalized spacial score (nSPS) is 14.9. The second kappa shape index (κ2) is 11.1. The van der Waals surface area contributed by atoms with Crippen molar-refractivity contribution in [2.24, 2.45) is 0 Å². The first kappa shape index (κ1) is 21.4. The summed E-state index contributed by atoms with van der Waals surface area (Å²) in [6, 6.07) is 6.58. The van der Waals surface area contributed by atoms with Crippen LogP contribution in [0.5, 0.6) is 0 Å². The SMILES string of the molecule is COC(=O)c1ccc(/C=C/C(=O)O[C@@H](C)C(=O)NCCC2=CCCCC2)cc1. The summed E-state index contributed by atoms with van der Waals surface area (Å²) in [5.41, 5.74) is 2.54. The predicted octanol–water partition coefficient (Wildman–Crippen LogP) is 3.42. The zero-order valence-electron chi connectivity index (χ0n) is 16.4. The standard InChI is InChI=1S/C22H27NO5/c1-16(21(25)23-15-14-17-6-4-3-5-7-17)28-20(24)13-10-18-8-11-19(12-9-18)22(26)27-2/h6,8-13,16H,3-5,7,14-15H2,1-2H3,(H,23,25)/b13-10+/t16-/m0/s1. The van der Waals surface area contributed by atoms with E-state index in [2.05, 4.69) is 16.1 Å². The summed E-state index contributed by atoms with van der Waals surface area (Å²) in [7, 11) is 1.32. The average molecular weight is 385 g/mol. The van der Waals surface area contributed by atoms with E-state index in [9.17, 15) is 14.4 Å². The molecule has 0 unspecified atom stereocenters. The topological polar surface area (TPSA) is 81.7 Å². The summed E-state index contributed by atoms with van der Waals surface area (Å²) in [4.78, 5) is 35.3. The molecule has 0 bridgehead atoms. The van der Waals surface area contributed by atoms with Gasteiger partial charge in [0.25, 0.3) is 5.91 Å². The number of benzene rings is 1. The van der Waals surface area contributed by atoms with E-state index in [0.29, 0.717) is 12.1 Å². The number of carbonyl (C=O) groups excluding carboxylic acids is 3. The van der Waals surface area contributed by atoms with E-state index in [1.54, 1.807) is 37.3 Å². The van der Waals surface area contributed by atoms with Crippen LogP contribution in [0.4, 0.5) is 0 Å². The van der Waals surface area contributed by atoms with Crippen molar-refractivity contribution in [3.63, 3.8) is 0 Å². The van der Waals surface area contributed by atoms with E-state index in [4.69, 9.17) is 4.74 Å². The molecule has 150 valence electrons. The molecule has 0 radical (unpaired) electrons. The Labute approximate surface area is 165 Å². The van der Waals surface area contributed by atoms with Crippen LogP contribution >= 0.6 is 0 Å². The van der Waals surface area contributed by atoms with Crippen molar-refractivity contribution >= 4 is 23.9 Å². The molecule has 0 saturated carbocycles. The number of methoxy groups -OCH3 is 1. The first-order valence-electron chi connectivity index (χ1n) is 9.52. The van der Waals surface area contributed by atoms with Crippen LogP contribution in [0.3, 0.4) is 0 Å². The molecule has 1 aliphatic rings. The van der Waals surface area contributed by atoms with Gasteiger partial charge in [0.1, 0.15) is 0 Å². The molecule has 1 amide bonds. The minimum absolute atomic E-state index is 0.305. The molecule has 0 heterocycles. The maximum atomic E-state index is 12.0. The molecule has 1 aromatic carbocycles. The monoisotopic (exact) mass is 385 g/mol. The molecule has 1 aromatic rings. The Morgan fingerprint density at radius 1 is 1.18 bits per heavy atom. The molecule has 6 heteroatoms. The van der Waals surface area contributed by atoms with Gasteiger partial charge in [0.05, 0.1) is 12.7 Å². The van der Waals surface area contributed by atoms with E-state index in [1.807, 2.05) is 0 Å². The largest absolute Gasteiger partial charge is 0.465 e. The fourth-order valence-electron chi connectivity index (χ4n) is 2.90. The Morgan fingerprint density at radius 2 is 1.93 bits per heavy atom. The van der Waals surface area contributed by atoms with Gasteiger partial charge in [-0.25, -0.2) is 9.59 Å². The lowest BCUT2D eigenvalue weighted by molar-refractivity contribution is -0.150. The van der Waals surface area contributed by atoms with Crippen molar-refractivity contribution < 1.29 is 23.9 Å². The highest BCUT2D eigenvalue weighted by molar-refractivity contribution is 5.91. The van der Waals surface area contributed by atoms with Crippen LogP contribution < -0.4 is 5.32 Å². The molecule has 0 aliphatic heterocycles.